The monoisotopic (exact) mass is 255 g/mol. The lowest BCUT2D eigenvalue weighted by atomic mass is 9.84. The smallest absolute Gasteiger partial charge is 0.410 e. The van der Waals surface area contributed by atoms with Crippen molar-refractivity contribution < 1.29 is 14.3 Å². The van der Waals surface area contributed by atoms with E-state index in [0.29, 0.717) is 19.6 Å². The molecule has 0 radical (unpaired) electrons. The van der Waals surface area contributed by atoms with Crippen LogP contribution in [0.3, 0.4) is 0 Å². The van der Waals surface area contributed by atoms with Crippen LogP contribution in [0, 0.1) is 11.3 Å². The molecule has 0 bridgehead atoms. The van der Waals surface area contributed by atoms with E-state index < -0.39 is 0 Å². The van der Waals surface area contributed by atoms with E-state index in [9.17, 15) is 9.59 Å². The molecule has 1 aliphatic rings. The van der Waals surface area contributed by atoms with E-state index in [1.165, 1.54) is 0 Å². The molecule has 1 saturated heterocycles. The number of likely N-dealkylation sites (tertiary alicyclic amines) is 1. The Morgan fingerprint density at radius 3 is 2.50 bits per heavy atom. The summed E-state index contributed by atoms with van der Waals surface area (Å²) in [6.45, 7) is 11.1. The van der Waals surface area contributed by atoms with Crippen LogP contribution in [0.5, 0.6) is 0 Å². The summed E-state index contributed by atoms with van der Waals surface area (Å²) in [5.41, 5.74) is -0.334. The van der Waals surface area contributed by atoms with Crippen LogP contribution >= 0.6 is 0 Å². The minimum Gasteiger partial charge on any atom is -0.449 e. The van der Waals surface area contributed by atoms with E-state index in [0.717, 1.165) is 12.7 Å². The Balaban J connectivity index is 2.60. The van der Waals surface area contributed by atoms with E-state index in [1.54, 1.807) is 4.90 Å². The highest BCUT2D eigenvalue weighted by Crippen LogP contribution is 2.31. The van der Waals surface area contributed by atoms with Gasteiger partial charge < -0.3 is 14.4 Å². The highest BCUT2D eigenvalue weighted by atomic mass is 16.6. The topological polar surface area (TPSA) is 46.6 Å². The maximum absolute atomic E-state index is 12.1. The van der Waals surface area contributed by atoms with Crippen LogP contribution in [0.4, 0.5) is 4.79 Å². The van der Waals surface area contributed by atoms with Crippen LogP contribution in [-0.4, -0.2) is 36.0 Å². The number of amides is 1. The Morgan fingerprint density at radius 1 is 1.44 bits per heavy atom. The molecular formula is C14H25NO3. The Labute approximate surface area is 110 Å². The lowest BCUT2D eigenvalue weighted by Gasteiger charge is -2.43. The highest BCUT2D eigenvalue weighted by molar-refractivity contribution is 5.69. The van der Waals surface area contributed by atoms with Crippen molar-refractivity contribution >= 4 is 12.4 Å². The standard InChI is InChI=1S/C14H25NO3/c1-13(2,3)10-18-12(17)15-7-6-11(9-16)8-14(15,4)5/h9,11H,6-8,10H2,1-5H3. The fraction of sp³-hybridized carbons (Fsp3) is 0.857. The molecule has 4 nitrogen and oxygen atoms in total. The molecule has 0 aliphatic carbocycles. The molecule has 1 amide bonds. The van der Waals surface area contributed by atoms with Crippen molar-refractivity contribution in [1.29, 1.82) is 0 Å². The minimum absolute atomic E-state index is 0.0269. The molecule has 18 heavy (non-hydrogen) atoms. The van der Waals surface area contributed by atoms with Crippen molar-refractivity contribution in [2.45, 2.75) is 53.0 Å². The fourth-order valence-electron chi connectivity index (χ4n) is 2.26. The lowest BCUT2D eigenvalue weighted by Crippen LogP contribution is -2.53. The number of ether oxygens (including phenoxy) is 1. The molecule has 0 aromatic carbocycles. The van der Waals surface area contributed by atoms with Gasteiger partial charge in [0.15, 0.2) is 0 Å². The Morgan fingerprint density at radius 2 is 2.06 bits per heavy atom. The summed E-state index contributed by atoms with van der Waals surface area (Å²) < 4.78 is 5.35. The first-order chi connectivity index (χ1) is 8.15. The van der Waals surface area contributed by atoms with E-state index in [1.807, 2.05) is 34.6 Å². The first-order valence-corrected chi connectivity index (χ1v) is 6.55. The molecule has 1 heterocycles. The van der Waals surface area contributed by atoms with Crippen LogP contribution in [0.25, 0.3) is 0 Å². The first-order valence-electron chi connectivity index (χ1n) is 6.55. The van der Waals surface area contributed by atoms with Gasteiger partial charge in [0.25, 0.3) is 0 Å². The molecule has 1 unspecified atom stereocenters. The number of aldehydes is 1. The number of piperidine rings is 1. The molecule has 1 atom stereocenters. The number of hydrogen-bond acceptors (Lipinski definition) is 3. The Bertz CT molecular complexity index is 317. The van der Waals surface area contributed by atoms with Crippen molar-refractivity contribution in [1.82, 2.24) is 4.90 Å². The molecule has 104 valence electrons. The van der Waals surface area contributed by atoms with Gasteiger partial charge in [-0.1, -0.05) is 20.8 Å². The number of rotatable bonds is 2. The number of nitrogens with zero attached hydrogens (tertiary/aromatic N) is 1. The van der Waals surface area contributed by atoms with Crippen LogP contribution in [0.15, 0.2) is 0 Å². The molecule has 4 heteroatoms. The largest absolute Gasteiger partial charge is 0.449 e. The molecule has 1 fully saturated rings. The third-order valence-electron chi connectivity index (χ3n) is 3.26. The second-order valence-electron chi connectivity index (χ2n) is 6.97. The van der Waals surface area contributed by atoms with Gasteiger partial charge in [-0.2, -0.15) is 0 Å². The van der Waals surface area contributed by atoms with Crippen LogP contribution < -0.4 is 0 Å². The first kappa shape index (κ1) is 15.0. The summed E-state index contributed by atoms with van der Waals surface area (Å²) in [7, 11) is 0. The van der Waals surface area contributed by atoms with Gasteiger partial charge in [0.05, 0.1) is 6.61 Å². The van der Waals surface area contributed by atoms with Crippen molar-refractivity contribution in [2.75, 3.05) is 13.2 Å². The quantitative estimate of drug-likeness (QED) is 0.713. The summed E-state index contributed by atoms with van der Waals surface area (Å²) in [6, 6.07) is 0. The third kappa shape index (κ3) is 4.00. The fourth-order valence-corrected chi connectivity index (χ4v) is 2.26. The van der Waals surface area contributed by atoms with Crippen LogP contribution in [0.1, 0.15) is 47.5 Å². The zero-order valence-corrected chi connectivity index (χ0v) is 12.2. The third-order valence-corrected chi connectivity index (χ3v) is 3.26. The lowest BCUT2D eigenvalue weighted by molar-refractivity contribution is -0.114. The Hall–Kier alpha value is -1.06. The predicted octanol–water partition coefficient (Wildman–Crippen LogP) is 2.86. The molecule has 0 N–H and O–H groups in total. The van der Waals surface area contributed by atoms with Crippen molar-refractivity contribution in [3.63, 3.8) is 0 Å². The minimum atomic E-state index is -0.307. The van der Waals surface area contributed by atoms with E-state index >= 15 is 0 Å². The second kappa shape index (κ2) is 5.29. The Kier molecular flexibility index (Phi) is 4.41. The normalized spacial score (nSPS) is 23.6. The van der Waals surface area contributed by atoms with Gasteiger partial charge in [-0.3, -0.25) is 0 Å². The van der Waals surface area contributed by atoms with E-state index in [2.05, 4.69) is 0 Å². The van der Waals surface area contributed by atoms with Gasteiger partial charge in [0, 0.05) is 18.0 Å². The highest BCUT2D eigenvalue weighted by Gasteiger charge is 2.38. The van der Waals surface area contributed by atoms with Crippen LogP contribution in [-0.2, 0) is 9.53 Å². The summed E-state index contributed by atoms with van der Waals surface area (Å²) in [6.07, 6.45) is 2.18. The summed E-state index contributed by atoms with van der Waals surface area (Å²) in [5.74, 6) is 0.0617. The average molecular weight is 255 g/mol. The molecule has 1 aliphatic heterocycles. The second-order valence-corrected chi connectivity index (χ2v) is 6.97. The number of carbonyl (C=O) groups is 2. The molecular weight excluding hydrogens is 230 g/mol. The average Bonchev–Trinajstić information content (AvgIpc) is 2.23. The molecule has 0 aromatic heterocycles. The SMILES string of the molecule is CC(C)(C)COC(=O)N1CCC(C=O)CC1(C)C. The maximum atomic E-state index is 12.1. The summed E-state index contributed by atoms with van der Waals surface area (Å²) in [5, 5.41) is 0. The summed E-state index contributed by atoms with van der Waals surface area (Å²) >= 11 is 0. The molecule has 0 saturated carbocycles. The zero-order valence-electron chi connectivity index (χ0n) is 12.2. The summed E-state index contributed by atoms with van der Waals surface area (Å²) in [4.78, 5) is 24.7. The maximum Gasteiger partial charge on any atom is 0.410 e. The van der Waals surface area contributed by atoms with Gasteiger partial charge in [-0.25, -0.2) is 4.79 Å². The van der Waals surface area contributed by atoms with Crippen molar-refractivity contribution in [3.05, 3.63) is 0 Å². The van der Waals surface area contributed by atoms with Gasteiger partial charge in [0.1, 0.15) is 6.29 Å². The zero-order chi connectivity index (χ0) is 14.0. The number of hydrogen-bond donors (Lipinski definition) is 0. The van der Waals surface area contributed by atoms with Crippen molar-refractivity contribution in [2.24, 2.45) is 11.3 Å². The van der Waals surface area contributed by atoms with E-state index in [4.69, 9.17) is 4.74 Å². The molecule has 1 rings (SSSR count). The van der Waals surface area contributed by atoms with Crippen LogP contribution in [0.2, 0.25) is 0 Å². The molecule has 0 aromatic rings. The van der Waals surface area contributed by atoms with Gasteiger partial charge in [-0.05, 0) is 32.1 Å². The van der Waals surface area contributed by atoms with Gasteiger partial charge in [-0.15, -0.1) is 0 Å². The molecule has 0 spiro atoms. The van der Waals surface area contributed by atoms with Gasteiger partial charge >= 0.3 is 6.09 Å². The van der Waals surface area contributed by atoms with Gasteiger partial charge in [0.2, 0.25) is 0 Å². The van der Waals surface area contributed by atoms with E-state index in [-0.39, 0.29) is 23.0 Å². The predicted molar refractivity (Wildman–Crippen MR) is 70.4 cm³/mol. The number of carbonyl (C=O) groups excluding carboxylic acids is 2. The van der Waals surface area contributed by atoms with Crippen molar-refractivity contribution in [3.8, 4) is 0 Å².